The summed E-state index contributed by atoms with van der Waals surface area (Å²) in [6.07, 6.45) is 10.9. The number of pyridine rings is 2. The number of hydrogen-bond donors (Lipinski definition) is 4. The first kappa shape index (κ1) is 36.3. The molecule has 0 amide bonds. The number of thiazole rings is 2. The van der Waals surface area contributed by atoms with E-state index in [0.29, 0.717) is 42.1 Å². The standard InChI is InChI=1S/C42H38N12S2/c1-25-13-26(2)16-31(15-25)50-41-44-12-9-36(52-41)39-48-23-34(55-39)22-46-30-5-6-35(47-20-30)37-19-38(54-42(53-37)51-32-17-27(3)14-28(4)18-32)40-49-24-33(56-40)21-45-29-7-10-43-11-8-29/h5-20,23-24,46H,21-22H2,1-4H3,(H,43,45)(H,44,50,52)(H,51,53,54). The third-order valence-electron chi connectivity index (χ3n) is 8.52. The van der Waals surface area contributed by atoms with Gasteiger partial charge >= 0.3 is 0 Å². The number of aryl methyl sites for hydroxylation is 4. The SMILES string of the molecule is Cc1cc(C)cc(Nc2nccc(-c3ncc(CNc4ccc(-c5cc(-c6ncc(CNc7ccncc7)s6)nc(Nc6cc(C)cc(C)c6)n5)nc4)s3)n2)c1. The van der Waals surface area contributed by atoms with Gasteiger partial charge in [-0.1, -0.05) is 12.1 Å². The Kier molecular flexibility index (Phi) is 10.6. The maximum Gasteiger partial charge on any atom is 0.228 e. The first-order valence-electron chi connectivity index (χ1n) is 18.0. The highest BCUT2D eigenvalue weighted by Gasteiger charge is 2.15. The maximum atomic E-state index is 4.89. The molecule has 0 saturated carbocycles. The second kappa shape index (κ2) is 16.4. The molecule has 14 heteroatoms. The molecule has 0 aliphatic rings. The van der Waals surface area contributed by atoms with E-state index < -0.39 is 0 Å². The van der Waals surface area contributed by atoms with Crippen molar-refractivity contribution in [1.29, 1.82) is 0 Å². The third kappa shape index (κ3) is 9.17. The minimum absolute atomic E-state index is 0.469. The Morgan fingerprint density at radius 1 is 0.446 bits per heavy atom. The van der Waals surface area contributed by atoms with Gasteiger partial charge in [0.1, 0.15) is 21.4 Å². The van der Waals surface area contributed by atoms with Crippen molar-refractivity contribution < 1.29 is 0 Å². The van der Waals surface area contributed by atoms with Crippen molar-refractivity contribution in [3.8, 4) is 32.8 Å². The van der Waals surface area contributed by atoms with Crippen LogP contribution in [0.25, 0.3) is 32.8 Å². The zero-order valence-corrected chi connectivity index (χ0v) is 32.8. The van der Waals surface area contributed by atoms with Gasteiger partial charge in [-0.05, 0) is 111 Å². The Bertz CT molecular complexity index is 2560. The second-order valence-electron chi connectivity index (χ2n) is 13.4. The molecule has 0 spiro atoms. The summed E-state index contributed by atoms with van der Waals surface area (Å²) in [5, 5.41) is 15.3. The molecule has 12 nitrogen and oxygen atoms in total. The first-order valence-corrected chi connectivity index (χ1v) is 19.6. The van der Waals surface area contributed by atoms with Crippen LogP contribution >= 0.6 is 22.7 Å². The van der Waals surface area contributed by atoms with Gasteiger partial charge in [-0.3, -0.25) is 9.97 Å². The fourth-order valence-electron chi connectivity index (χ4n) is 6.15. The number of rotatable bonds is 13. The average Bonchev–Trinajstić information content (AvgIpc) is 3.87. The number of aromatic nitrogens is 8. The summed E-state index contributed by atoms with van der Waals surface area (Å²) in [4.78, 5) is 39.3. The third-order valence-corrected chi connectivity index (χ3v) is 10.6. The fourth-order valence-corrected chi connectivity index (χ4v) is 7.78. The van der Waals surface area contributed by atoms with Crippen LogP contribution in [0.15, 0.2) is 110 Å². The molecular weight excluding hydrogens is 737 g/mol. The number of nitrogens with zero attached hydrogens (tertiary/aromatic N) is 8. The van der Waals surface area contributed by atoms with Crippen LogP contribution in [-0.4, -0.2) is 39.9 Å². The van der Waals surface area contributed by atoms with Gasteiger partial charge < -0.3 is 21.3 Å². The molecule has 6 aromatic heterocycles. The van der Waals surface area contributed by atoms with Crippen LogP contribution in [-0.2, 0) is 13.1 Å². The number of nitrogens with one attached hydrogen (secondary N) is 4. The van der Waals surface area contributed by atoms with Gasteiger partial charge in [0.15, 0.2) is 0 Å². The van der Waals surface area contributed by atoms with Crippen LogP contribution in [0.4, 0.5) is 34.6 Å². The van der Waals surface area contributed by atoms with E-state index in [4.69, 9.17) is 24.9 Å². The highest BCUT2D eigenvalue weighted by Crippen LogP contribution is 2.31. The molecule has 278 valence electrons. The molecule has 0 radical (unpaired) electrons. The van der Waals surface area contributed by atoms with Gasteiger partial charge in [0.2, 0.25) is 11.9 Å². The van der Waals surface area contributed by atoms with E-state index >= 15 is 0 Å². The van der Waals surface area contributed by atoms with E-state index in [1.165, 1.54) is 11.1 Å². The molecule has 0 fully saturated rings. The normalized spacial score (nSPS) is 11.0. The summed E-state index contributed by atoms with van der Waals surface area (Å²) in [6, 6.07) is 24.2. The molecule has 0 unspecified atom stereocenters. The van der Waals surface area contributed by atoms with Gasteiger partial charge in [-0.2, -0.15) is 0 Å². The van der Waals surface area contributed by atoms with Gasteiger partial charge in [-0.25, -0.2) is 29.9 Å². The molecule has 8 rings (SSSR count). The van der Waals surface area contributed by atoms with Crippen LogP contribution in [0.1, 0.15) is 32.0 Å². The van der Waals surface area contributed by atoms with Crippen LogP contribution in [0.3, 0.4) is 0 Å². The predicted molar refractivity (Wildman–Crippen MR) is 227 cm³/mol. The van der Waals surface area contributed by atoms with Crippen molar-refractivity contribution in [2.24, 2.45) is 0 Å². The van der Waals surface area contributed by atoms with Crippen molar-refractivity contribution in [3.63, 3.8) is 0 Å². The van der Waals surface area contributed by atoms with E-state index in [1.54, 1.807) is 41.3 Å². The summed E-state index contributed by atoms with van der Waals surface area (Å²) in [6.45, 7) is 9.52. The van der Waals surface area contributed by atoms with Crippen LogP contribution in [0.2, 0.25) is 0 Å². The van der Waals surface area contributed by atoms with Crippen molar-refractivity contribution in [2.45, 2.75) is 40.8 Å². The molecule has 4 N–H and O–H groups in total. The van der Waals surface area contributed by atoms with Crippen LogP contribution in [0.5, 0.6) is 0 Å². The van der Waals surface area contributed by atoms with Crippen molar-refractivity contribution in [3.05, 3.63) is 142 Å². The maximum absolute atomic E-state index is 4.89. The molecular formula is C42H38N12S2. The molecule has 6 heterocycles. The molecule has 2 aromatic carbocycles. The van der Waals surface area contributed by atoms with Gasteiger partial charge in [0, 0.05) is 57.8 Å². The smallest absolute Gasteiger partial charge is 0.228 e. The van der Waals surface area contributed by atoms with E-state index in [1.807, 2.05) is 55.0 Å². The fraction of sp³-hybridized carbons (Fsp3) is 0.143. The molecule has 0 aliphatic carbocycles. The monoisotopic (exact) mass is 774 g/mol. The van der Waals surface area contributed by atoms with Crippen molar-refractivity contribution in [2.75, 3.05) is 21.3 Å². The van der Waals surface area contributed by atoms with E-state index in [9.17, 15) is 0 Å². The summed E-state index contributed by atoms with van der Waals surface area (Å²) < 4.78 is 0. The Morgan fingerprint density at radius 3 is 1.64 bits per heavy atom. The summed E-state index contributed by atoms with van der Waals surface area (Å²) in [7, 11) is 0. The van der Waals surface area contributed by atoms with E-state index in [-0.39, 0.29) is 0 Å². The minimum Gasteiger partial charge on any atom is -0.380 e. The minimum atomic E-state index is 0.469. The lowest BCUT2D eigenvalue weighted by Gasteiger charge is -2.11. The molecule has 0 aliphatic heterocycles. The highest BCUT2D eigenvalue weighted by atomic mass is 32.1. The van der Waals surface area contributed by atoms with E-state index in [0.717, 1.165) is 59.3 Å². The van der Waals surface area contributed by atoms with Crippen LogP contribution in [0, 0.1) is 27.7 Å². The zero-order chi connectivity index (χ0) is 38.4. The molecule has 0 atom stereocenters. The molecule has 8 aromatic rings. The molecule has 0 bridgehead atoms. The first-order chi connectivity index (χ1) is 27.3. The lowest BCUT2D eigenvalue weighted by atomic mass is 10.1. The quantitative estimate of drug-likeness (QED) is 0.0883. The van der Waals surface area contributed by atoms with Gasteiger partial charge in [0.25, 0.3) is 0 Å². The zero-order valence-electron chi connectivity index (χ0n) is 31.2. The Morgan fingerprint density at radius 2 is 1.02 bits per heavy atom. The number of benzene rings is 2. The summed E-state index contributed by atoms with van der Waals surface area (Å²) >= 11 is 3.17. The molecule has 0 saturated heterocycles. The van der Waals surface area contributed by atoms with Crippen molar-refractivity contribution in [1.82, 2.24) is 39.9 Å². The largest absolute Gasteiger partial charge is 0.380 e. The Labute approximate surface area is 332 Å². The van der Waals surface area contributed by atoms with E-state index in [2.05, 4.69) is 100 Å². The highest BCUT2D eigenvalue weighted by molar-refractivity contribution is 7.15. The van der Waals surface area contributed by atoms with Crippen LogP contribution < -0.4 is 21.3 Å². The topological polar surface area (TPSA) is 151 Å². The van der Waals surface area contributed by atoms with Gasteiger partial charge in [-0.15, -0.1) is 22.7 Å². The number of hydrogen-bond acceptors (Lipinski definition) is 14. The summed E-state index contributed by atoms with van der Waals surface area (Å²) in [5.41, 5.74) is 11.3. The summed E-state index contributed by atoms with van der Waals surface area (Å²) in [5.74, 6) is 0.999. The lowest BCUT2D eigenvalue weighted by molar-refractivity contribution is 1.13. The number of anilines is 6. The second-order valence-corrected chi connectivity index (χ2v) is 15.6. The molecule has 56 heavy (non-hydrogen) atoms. The Balaban J connectivity index is 0.971. The average molecular weight is 775 g/mol. The Hall–Kier alpha value is -6.64. The predicted octanol–water partition coefficient (Wildman–Crippen LogP) is 9.92. The van der Waals surface area contributed by atoms with Crippen molar-refractivity contribution >= 4 is 57.3 Å². The van der Waals surface area contributed by atoms with Gasteiger partial charge in [0.05, 0.1) is 36.4 Å². The lowest BCUT2D eigenvalue weighted by Crippen LogP contribution is -2.02.